The molecule has 1 heterocycles. The summed E-state index contributed by atoms with van der Waals surface area (Å²) >= 11 is 0. The number of nitrogens with zero attached hydrogens (tertiary/aromatic N) is 1. The van der Waals surface area contributed by atoms with Crippen molar-refractivity contribution in [2.75, 3.05) is 13.7 Å². The minimum atomic E-state index is -4.57. The van der Waals surface area contributed by atoms with Gasteiger partial charge in [-0.1, -0.05) is 12.8 Å². The van der Waals surface area contributed by atoms with E-state index in [1.165, 1.54) is 19.2 Å². The van der Waals surface area contributed by atoms with Gasteiger partial charge in [0.1, 0.15) is 16.7 Å². The minimum Gasteiger partial charge on any atom is -0.744 e. The highest BCUT2D eigenvalue weighted by molar-refractivity contribution is 7.85. The van der Waals surface area contributed by atoms with Crippen LogP contribution in [0.25, 0.3) is 0 Å². The Balaban J connectivity index is 2.21. The Kier molecular flexibility index (Phi) is 8.98. The summed E-state index contributed by atoms with van der Waals surface area (Å²) in [4.78, 5) is 21.8. The third-order valence-electron chi connectivity index (χ3n) is 6.40. The highest BCUT2D eigenvalue weighted by Crippen LogP contribution is 2.44. The minimum absolute atomic E-state index is 0.146. The molecule has 1 N–H and O–H groups in total. The lowest BCUT2D eigenvalue weighted by Gasteiger charge is -2.23. The molecule has 1 aliphatic rings. The molecule has 0 spiro atoms. The smallest absolute Gasteiger partial charge is 0.305 e. The third kappa shape index (κ3) is 6.38. The largest absolute Gasteiger partial charge is 0.744 e. The second-order valence-corrected chi connectivity index (χ2v) is 9.92. The van der Waals surface area contributed by atoms with E-state index in [1.54, 1.807) is 6.07 Å². The van der Waals surface area contributed by atoms with Gasteiger partial charge in [0.25, 0.3) is 0 Å². The molecule has 0 bridgehead atoms. The SMILES string of the molecule is COC(=O)CCCCCC1(C)C(C)=[N+](CCCCCC(=O)O)c2ccc(S(=O)(=O)[O-])cc21. The molecule has 178 valence electrons. The third-order valence-corrected chi connectivity index (χ3v) is 7.23. The van der Waals surface area contributed by atoms with Crippen molar-refractivity contribution in [2.24, 2.45) is 0 Å². The van der Waals surface area contributed by atoms with Gasteiger partial charge >= 0.3 is 11.9 Å². The Morgan fingerprint density at radius 3 is 2.38 bits per heavy atom. The Morgan fingerprint density at radius 2 is 1.75 bits per heavy atom. The number of carboxylic acids is 1. The monoisotopic (exact) mass is 467 g/mol. The van der Waals surface area contributed by atoms with E-state index in [0.717, 1.165) is 55.5 Å². The maximum absolute atomic E-state index is 11.6. The van der Waals surface area contributed by atoms with Crippen LogP contribution in [-0.2, 0) is 29.9 Å². The standard InChI is InChI=1S/C23H33NO7S/c1-17-23(2,14-8-4-7-11-22(27)31-3)19-16-18(32(28,29)30)12-13-20(19)24(17)15-9-5-6-10-21(25)26/h12-13,16H,4-11,14-15H2,1-3H3,(H-,25,26,28,29,30). The number of methoxy groups -OCH3 is 1. The van der Waals surface area contributed by atoms with Crippen LogP contribution in [0.1, 0.15) is 77.2 Å². The van der Waals surface area contributed by atoms with Gasteiger partial charge in [-0.05, 0) is 44.7 Å². The van der Waals surface area contributed by atoms with Crippen LogP contribution in [0.4, 0.5) is 5.69 Å². The number of benzene rings is 1. The number of rotatable bonds is 13. The Morgan fingerprint density at radius 1 is 1.09 bits per heavy atom. The van der Waals surface area contributed by atoms with Crippen LogP contribution in [-0.4, -0.2) is 54.0 Å². The number of hydrogen-bond donors (Lipinski definition) is 1. The normalized spacial score (nSPS) is 18.0. The van der Waals surface area contributed by atoms with Crippen LogP contribution in [0.5, 0.6) is 0 Å². The molecular formula is C23H33NO7S. The molecule has 0 radical (unpaired) electrons. The molecule has 1 aromatic carbocycles. The van der Waals surface area contributed by atoms with E-state index in [0.29, 0.717) is 19.4 Å². The van der Waals surface area contributed by atoms with E-state index in [4.69, 9.17) is 5.11 Å². The first kappa shape index (κ1) is 26.0. The highest BCUT2D eigenvalue weighted by atomic mass is 32.2. The first-order valence-electron chi connectivity index (χ1n) is 11.0. The number of esters is 1. The van der Waals surface area contributed by atoms with Crippen molar-refractivity contribution in [3.8, 4) is 0 Å². The van der Waals surface area contributed by atoms with E-state index < -0.39 is 21.5 Å². The predicted molar refractivity (Wildman–Crippen MR) is 118 cm³/mol. The number of unbranched alkanes of at least 4 members (excludes halogenated alkanes) is 4. The van der Waals surface area contributed by atoms with Crippen molar-refractivity contribution in [3.05, 3.63) is 23.8 Å². The summed E-state index contributed by atoms with van der Waals surface area (Å²) in [5.74, 6) is -1.03. The van der Waals surface area contributed by atoms with Crippen molar-refractivity contribution in [3.63, 3.8) is 0 Å². The molecule has 0 aliphatic carbocycles. The lowest BCUT2D eigenvalue weighted by Crippen LogP contribution is -2.30. The van der Waals surface area contributed by atoms with E-state index >= 15 is 0 Å². The fraction of sp³-hybridized carbons (Fsp3) is 0.609. The first-order valence-corrected chi connectivity index (χ1v) is 12.4. The average molecular weight is 468 g/mol. The van der Waals surface area contributed by atoms with Crippen LogP contribution in [0.3, 0.4) is 0 Å². The van der Waals surface area contributed by atoms with Crippen LogP contribution in [0.15, 0.2) is 23.1 Å². The van der Waals surface area contributed by atoms with E-state index in [-0.39, 0.29) is 17.3 Å². The molecule has 32 heavy (non-hydrogen) atoms. The van der Waals surface area contributed by atoms with Crippen molar-refractivity contribution in [1.82, 2.24) is 0 Å². The van der Waals surface area contributed by atoms with Gasteiger partial charge in [-0.2, -0.15) is 4.58 Å². The summed E-state index contributed by atoms with van der Waals surface area (Å²) in [6, 6.07) is 4.55. The summed E-state index contributed by atoms with van der Waals surface area (Å²) in [7, 11) is -3.20. The summed E-state index contributed by atoms with van der Waals surface area (Å²) in [6.07, 6.45) is 5.86. The van der Waals surface area contributed by atoms with Gasteiger partial charge in [0, 0.05) is 37.8 Å². The summed E-state index contributed by atoms with van der Waals surface area (Å²) in [6.45, 7) is 4.78. The molecule has 0 amide bonds. The number of carboxylic acid groups (broad SMARTS) is 1. The van der Waals surface area contributed by atoms with E-state index in [1.807, 2.05) is 6.92 Å². The zero-order valence-corrected chi connectivity index (χ0v) is 19.9. The number of hydrogen-bond acceptors (Lipinski definition) is 6. The number of fused-ring (bicyclic) bond motifs is 1. The lowest BCUT2D eigenvalue weighted by atomic mass is 9.76. The summed E-state index contributed by atoms with van der Waals surface area (Å²) in [5, 5.41) is 8.81. The quantitative estimate of drug-likeness (QED) is 0.203. The summed E-state index contributed by atoms with van der Waals surface area (Å²) in [5.41, 5.74) is 2.37. The zero-order valence-electron chi connectivity index (χ0n) is 19.1. The molecule has 9 heteroatoms. The first-order chi connectivity index (χ1) is 15.0. The van der Waals surface area contributed by atoms with Crippen LogP contribution in [0.2, 0.25) is 0 Å². The number of ether oxygens (including phenoxy) is 1. The fourth-order valence-electron chi connectivity index (χ4n) is 4.37. The van der Waals surface area contributed by atoms with Crippen LogP contribution >= 0.6 is 0 Å². The van der Waals surface area contributed by atoms with E-state index in [2.05, 4.69) is 16.2 Å². The molecule has 2 rings (SSSR count). The molecule has 8 nitrogen and oxygen atoms in total. The molecule has 0 saturated heterocycles. The molecule has 1 atom stereocenters. The van der Waals surface area contributed by atoms with Gasteiger partial charge in [0.15, 0.2) is 5.71 Å². The maximum Gasteiger partial charge on any atom is 0.305 e. The van der Waals surface area contributed by atoms with Gasteiger partial charge in [-0.25, -0.2) is 8.42 Å². The second-order valence-electron chi connectivity index (χ2n) is 8.54. The number of carbonyl (C=O) groups is 2. The van der Waals surface area contributed by atoms with Gasteiger partial charge in [-0.15, -0.1) is 0 Å². The van der Waals surface area contributed by atoms with Gasteiger partial charge in [0.2, 0.25) is 5.69 Å². The topological polar surface area (TPSA) is 124 Å². The van der Waals surface area contributed by atoms with E-state index in [9.17, 15) is 22.6 Å². The van der Waals surface area contributed by atoms with Crippen molar-refractivity contribution < 1.29 is 37.0 Å². The second kappa shape index (κ2) is 11.0. The van der Waals surface area contributed by atoms with Crippen molar-refractivity contribution >= 4 is 33.5 Å². The van der Waals surface area contributed by atoms with Crippen LogP contribution < -0.4 is 0 Å². The number of carbonyl (C=O) groups excluding carboxylic acids is 1. The lowest BCUT2D eigenvalue weighted by molar-refractivity contribution is -0.439. The zero-order chi connectivity index (χ0) is 23.9. The summed E-state index contributed by atoms with van der Waals surface area (Å²) < 4.78 is 41.7. The van der Waals surface area contributed by atoms with Gasteiger partial charge in [-0.3, -0.25) is 9.59 Å². The molecule has 1 unspecified atom stereocenters. The molecule has 0 fully saturated rings. The van der Waals surface area contributed by atoms with Crippen LogP contribution in [0, 0.1) is 0 Å². The fourth-order valence-corrected chi connectivity index (χ4v) is 4.87. The van der Waals surface area contributed by atoms with Gasteiger partial charge < -0.3 is 14.4 Å². The molecular weight excluding hydrogens is 434 g/mol. The Labute approximate surface area is 190 Å². The van der Waals surface area contributed by atoms with Gasteiger partial charge in [0.05, 0.1) is 17.4 Å². The number of aliphatic carboxylic acids is 1. The molecule has 0 saturated carbocycles. The Bertz CT molecular complexity index is 984. The molecule has 0 aromatic heterocycles. The highest BCUT2D eigenvalue weighted by Gasteiger charge is 2.46. The predicted octanol–water partition coefficient (Wildman–Crippen LogP) is 3.74. The molecule has 1 aromatic rings. The molecule has 1 aliphatic heterocycles. The Hall–Kier alpha value is -2.26. The van der Waals surface area contributed by atoms with Crippen molar-refractivity contribution in [1.29, 1.82) is 0 Å². The average Bonchev–Trinajstić information content (AvgIpc) is 2.93. The maximum atomic E-state index is 11.6. The van der Waals surface area contributed by atoms with Crippen molar-refractivity contribution in [2.45, 2.75) is 81.9 Å².